The fourth-order valence-corrected chi connectivity index (χ4v) is 0.469. The van der Waals surface area contributed by atoms with Gasteiger partial charge in [-0.05, 0) is 6.42 Å². The molecule has 0 aromatic rings. The topological polar surface area (TPSA) is 26.3 Å². The lowest BCUT2D eigenvalue weighted by atomic mass is 10.5. The van der Waals surface area contributed by atoms with Crippen LogP contribution in [0.3, 0.4) is 0 Å². The van der Waals surface area contributed by atoms with Crippen molar-refractivity contribution in [2.45, 2.75) is 6.42 Å². The van der Waals surface area contributed by atoms with Crippen LogP contribution in [0.15, 0.2) is 0 Å². The first-order valence-corrected chi connectivity index (χ1v) is 3.19. The van der Waals surface area contributed by atoms with Crippen LogP contribution < -0.4 is 0 Å². The van der Waals surface area contributed by atoms with E-state index < -0.39 is 0 Å². The van der Waals surface area contributed by atoms with Crippen LogP contribution in [0.25, 0.3) is 0 Å². The van der Waals surface area contributed by atoms with Crippen molar-refractivity contribution in [3.63, 3.8) is 0 Å². The van der Waals surface area contributed by atoms with Crippen molar-refractivity contribution in [3.05, 3.63) is 0 Å². The summed E-state index contributed by atoms with van der Waals surface area (Å²) in [6, 6.07) is 0. The van der Waals surface area contributed by atoms with E-state index in [4.69, 9.17) is 11.6 Å². The molecule has 0 aliphatic rings. The first-order valence-electron chi connectivity index (χ1n) is 1.92. The van der Waals surface area contributed by atoms with Crippen LogP contribution in [-0.4, -0.2) is 12.5 Å². The average Bonchev–Trinajstić information content (AvgIpc) is 1.69. The minimum Gasteiger partial charge on any atom is -0.294 e. The maximum absolute atomic E-state index is 9.51. The summed E-state index contributed by atoms with van der Waals surface area (Å²) in [6.45, 7) is 0.481. The van der Waals surface area contributed by atoms with E-state index in [0.717, 1.165) is 6.42 Å². The summed E-state index contributed by atoms with van der Waals surface area (Å²) in [4.78, 5) is 0. The van der Waals surface area contributed by atoms with Crippen molar-refractivity contribution >= 4 is 20.3 Å². The van der Waals surface area contributed by atoms with Crippen LogP contribution in [0.1, 0.15) is 6.42 Å². The molecule has 0 saturated carbocycles. The van der Waals surface area contributed by atoms with Crippen molar-refractivity contribution in [1.29, 1.82) is 0 Å². The predicted octanol–water partition coefficient (Wildman–Crippen LogP) is 1.84. The maximum atomic E-state index is 9.51. The molecule has 0 bridgehead atoms. The van der Waals surface area contributed by atoms with Crippen LogP contribution in [0.4, 0.5) is 0 Å². The Labute approximate surface area is 49.1 Å². The normalized spacial score (nSPS) is 9.86. The Hall–Kier alpha value is 0.350. The molecular weight excluding hydrogens is 134 g/mol. The highest BCUT2D eigenvalue weighted by Crippen LogP contribution is 1.95. The Balaban J connectivity index is 2.56. The molecule has 7 heavy (non-hydrogen) atoms. The van der Waals surface area contributed by atoms with E-state index >= 15 is 0 Å². The fourth-order valence-electron chi connectivity index (χ4n) is 0.156. The number of rotatable bonds is 4. The van der Waals surface area contributed by atoms with Gasteiger partial charge < -0.3 is 0 Å². The molecule has 0 spiro atoms. The quantitative estimate of drug-likeness (QED) is 0.338. The van der Waals surface area contributed by atoms with Gasteiger partial charge in [0, 0.05) is 5.88 Å². The SMILES string of the molecule is O=POCCCCl. The molecule has 0 saturated heterocycles. The lowest BCUT2D eigenvalue weighted by molar-refractivity contribution is 0.343. The van der Waals surface area contributed by atoms with Crippen molar-refractivity contribution < 1.29 is 9.09 Å². The number of halogens is 1. The summed E-state index contributed by atoms with van der Waals surface area (Å²) >= 11 is 5.25. The molecule has 0 atom stereocenters. The minimum atomic E-state index is -0.254. The largest absolute Gasteiger partial charge is 0.327 e. The molecule has 0 aromatic carbocycles. The summed E-state index contributed by atoms with van der Waals surface area (Å²) in [5.74, 6) is 0.565. The molecular formula is C3H6ClO2P. The van der Waals surface area contributed by atoms with Crippen LogP contribution >= 0.6 is 20.3 Å². The molecule has 0 rings (SSSR count). The molecule has 0 aliphatic carbocycles. The van der Waals surface area contributed by atoms with E-state index in [1.165, 1.54) is 0 Å². The van der Waals surface area contributed by atoms with Crippen molar-refractivity contribution in [3.8, 4) is 0 Å². The Morgan fingerprint density at radius 3 is 2.86 bits per heavy atom. The van der Waals surface area contributed by atoms with Crippen LogP contribution in [-0.2, 0) is 9.09 Å². The Kier molecular flexibility index (Phi) is 6.67. The summed E-state index contributed by atoms with van der Waals surface area (Å²) in [5.41, 5.74) is 0. The second-order valence-electron chi connectivity index (χ2n) is 0.950. The minimum absolute atomic E-state index is 0.254. The van der Waals surface area contributed by atoms with Gasteiger partial charge in [-0.25, -0.2) is 4.57 Å². The van der Waals surface area contributed by atoms with Crippen molar-refractivity contribution in [1.82, 2.24) is 0 Å². The Morgan fingerprint density at radius 2 is 2.43 bits per heavy atom. The van der Waals surface area contributed by atoms with E-state index in [9.17, 15) is 4.57 Å². The smallest absolute Gasteiger partial charge is 0.294 e. The number of alkyl halides is 1. The molecule has 0 fully saturated rings. The number of hydrogen-bond acceptors (Lipinski definition) is 2. The number of hydrogen-bond donors (Lipinski definition) is 0. The molecule has 0 heterocycles. The molecule has 2 nitrogen and oxygen atoms in total. The molecule has 0 aromatic heterocycles. The fraction of sp³-hybridized carbons (Fsp3) is 1.00. The highest BCUT2D eigenvalue weighted by Gasteiger charge is 1.81. The van der Waals surface area contributed by atoms with E-state index in [2.05, 4.69) is 4.52 Å². The zero-order valence-electron chi connectivity index (χ0n) is 3.76. The third-order valence-electron chi connectivity index (χ3n) is 0.422. The van der Waals surface area contributed by atoms with Crippen molar-refractivity contribution in [2.24, 2.45) is 0 Å². The van der Waals surface area contributed by atoms with Crippen molar-refractivity contribution in [2.75, 3.05) is 12.5 Å². The summed E-state index contributed by atoms with van der Waals surface area (Å²) in [5, 5.41) is 0. The molecule has 0 aliphatic heterocycles. The lowest BCUT2D eigenvalue weighted by Gasteiger charge is -1.85. The monoisotopic (exact) mass is 140 g/mol. The zero-order valence-corrected chi connectivity index (χ0v) is 5.41. The predicted molar refractivity (Wildman–Crippen MR) is 28.9 cm³/mol. The molecule has 0 N–H and O–H groups in total. The zero-order chi connectivity index (χ0) is 5.54. The average molecular weight is 141 g/mol. The lowest BCUT2D eigenvalue weighted by Crippen LogP contribution is -1.82. The highest BCUT2D eigenvalue weighted by molar-refractivity contribution is 7.17. The van der Waals surface area contributed by atoms with Gasteiger partial charge in [0.05, 0.1) is 6.61 Å². The van der Waals surface area contributed by atoms with Gasteiger partial charge in [-0.3, -0.25) is 4.52 Å². The van der Waals surface area contributed by atoms with E-state index in [1.807, 2.05) is 0 Å². The summed E-state index contributed by atoms with van der Waals surface area (Å²) < 4.78 is 13.9. The van der Waals surface area contributed by atoms with E-state index in [1.54, 1.807) is 0 Å². The van der Waals surface area contributed by atoms with Gasteiger partial charge in [-0.15, -0.1) is 11.6 Å². The molecule has 42 valence electrons. The summed E-state index contributed by atoms with van der Waals surface area (Å²) in [6.07, 6.45) is 0.761. The standard InChI is InChI=1S/C3H6ClO2P/c4-2-1-3-6-7-5/h1-3H2. The molecule has 4 heteroatoms. The molecule has 0 radical (unpaired) electrons. The van der Waals surface area contributed by atoms with Gasteiger partial charge in [-0.1, -0.05) is 0 Å². The van der Waals surface area contributed by atoms with E-state index in [0.29, 0.717) is 12.5 Å². The summed E-state index contributed by atoms with van der Waals surface area (Å²) in [7, 11) is -0.254. The van der Waals surface area contributed by atoms with Gasteiger partial charge >= 0.3 is 8.69 Å². The second kappa shape index (κ2) is 6.35. The van der Waals surface area contributed by atoms with Crippen LogP contribution in [0.2, 0.25) is 0 Å². The first kappa shape index (κ1) is 7.35. The van der Waals surface area contributed by atoms with Gasteiger partial charge in [0.25, 0.3) is 0 Å². The maximum Gasteiger partial charge on any atom is 0.327 e. The first-order chi connectivity index (χ1) is 3.41. The third kappa shape index (κ3) is 6.35. The molecule has 0 unspecified atom stereocenters. The van der Waals surface area contributed by atoms with Gasteiger partial charge in [0.2, 0.25) is 0 Å². The Bertz CT molecular complexity index is 50.2. The third-order valence-corrected chi connectivity index (χ3v) is 0.977. The highest BCUT2D eigenvalue weighted by atomic mass is 35.5. The second-order valence-corrected chi connectivity index (χ2v) is 1.74. The molecule has 0 amide bonds. The van der Waals surface area contributed by atoms with Crippen LogP contribution in [0, 0.1) is 0 Å². The van der Waals surface area contributed by atoms with Gasteiger partial charge in [0.15, 0.2) is 0 Å². The van der Waals surface area contributed by atoms with E-state index in [-0.39, 0.29) is 8.69 Å². The Morgan fingerprint density at radius 1 is 1.71 bits per heavy atom. The van der Waals surface area contributed by atoms with Gasteiger partial charge in [0.1, 0.15) is 0 Å². The van der Waals surface area contributed by atoms with Gasteiger partial charge in [-0.2, -0.15) is 0 Å². The van der Waals surface area contributed by atoms with Crippen LogP contribution in [0.5, 0.6) is 0 Å².